The van der Waals surface area contributed by atoms with Gasteiger partial charge in [0, 0.05) is 11.6 Å². The number of nitro groups is 1. The summed E-state index contributed by atoms with van der Waals surface area (Å²) >= 11 is 1.17. The number of nitrogens with one attached hydrogen (secondary N) is 1. The highest BCUT2D eigenvalue weighted by molar-refractivity contribution is 7.22. The molecule has 1 N–H and O–H groups in total. The molecule has 0 aliphatic heterocycles. The van der Waals surface area contributed by atoms with Gasteiger partial charge in [0.05, 0.1) is 34.9 Å². The molecule has 0 fully saturated rings. The third-order valence-corrected chi connectivity index (χ3v) is 4.60. The van der Waals surface area contributed by atoms with E-state index in [0.29, 0.717) is 20.9 Å². The van der Waals surface area contributed by atoms with E-state index in [1.165, 1.54) is 37.7 Å². The van der Waals surface area contributed by atoms with Gasteiger partial charge in [-0.2, -0.15) is 0 Å². The normalized spacial score (nSPS) is 10.4. The molecule has 0 aliphatic rings. The number of nitrogens with zero attached hydrogens (tertiary/aromatic N) is 2. The van der Waals surface area contributed by atoms with Crippen LogP contribution in [0, 0.1) is 10.1 Å². The molecule has 0 atom stereocenters. The third-order valence-electron chi connectivity index (χ3n) is 3.67. The van der Waals surface area contributed by atoms with E-state index in [1.807, 2.05) is 0 Å². The van der Waals surface area contributed by atoms with Gasteiger partial charge >= 0.3 is 11.7 Å². The van der Waals surface area contributed by atoms with Crippen LogP contribution in [0.15, 0.2) is 36.4 Å². The van der Waals surface area contributed by atoms with Crippen molar-refractivity contribution in [2.75, 3.05) is 19.5 Å². The zero-order valence-corrected chi connectivity index (χ0v) is 15.0. The topological polar surface area (TPSA) is 121 Å². The van der Waals surface area contributed by atoms with Gasteiger partial charge in [-0.25, -0.2) is 9.78 Å². The Balaban J connectivity index is 1.86. The highest BCUT2D eigenvalue weighted by Gasteiger charge is 2.19. The molecule has 1 aromatic heterocycles. The highest BCUT2D eigenvalue weighted by atomic mass is 32.1. The van der Waals surface area contributed by atoms with E-state index < -0.39 is 16.8 Å². The molecule has 0 unspecified atom stereocenters. The lowest BCUT2D eigenvalue weighted by molar-refractivity contribution is -0.385. The predicted octanol–water partition coefficient (Wildman–Crippen LogP) is 3.25. The van der Waals surface area contributed by atoms with E-state index in [9.17, 15) is 19.7 Å². The second-order valence-corrected chi connectivity index (χ2v) is 6.32. The predicted molar refractivity (Wildman–Crippen MR) is 98.6 cm³/mol. The first kappa shape index (κ1) is 18.3. The zero-order chi connectivity index (χ0) is 19.6. The lowest BCUT2D eigenvalue weighted by atomic mass is 10.2. The van der Waals surface area contributed by atoms with Crippen LogP contribution in [0.3, 0.4) is 0 Å². The number of thiazole rings is 1. The molecule has 0 bridgehead atoms. The number of carbonyl (C=O) groups is 2. The van der Waals surface area contributed by atoms with Crippen LogP contribution < -0.4 is 10.1 Å². The number of anilines is 1. The minimum Gasteiger partial charge on any atom is -0.490 e. The molecule has 9 nitrogen and oxygen atoms in total. The first-order valence-electron chi connectivity index (χ1n) is 7.55. The molecule has 2 aromatic carbocycles. The van der Waals surface area contributed by atoms with Crippen molar-refractivity contribution in [2.45, 2.75) is 0 Å². The fourth-order valence-corrected chi connectivity index (χ4v) is 3.27. The molecule has 1 amide bonds. The van der Waals surface area contributed by atoms with E-state index >= 15 is 0 Å². The molecule has 0 radical (unpaired) electrons. The summed E-state index contributed by atoms with van der Waals surface area (Å²) in [6.07, 6.45) is 0. The Morgan fingerprint density at radius 1 is 1.15 bits per heavy atom. The van der Waals surface area contributed by atoms with Gasteiger partial charge in [-0.3, -0.25) is 20.2 Å². The minimum absolute atomic E-state index is 0.0619. The van der Waals surface area contributed by atoms with Crippen molar-refractivity contribution in [3.05, 3.63) is 57.6 Å². The van der Waals surface area contributed by atoms with Gasteiger partial charge in [0.1, 0.15) is 0 Å². The summed E-state index contributed by atoms with van der Waals surface area (Å²) in [4.78, 5) is 38.7. The maximum absolute atomic E-state index is 12.4. The van der Waals surface area contributed by atoms with E-state index in [2.05, 4.69) is 15.0 Å². The van der Waals surface area contributed by atoms with E-state index in [0.717, 1.165) is 6.07 Å². The minimum atomic E-state index is -0.623. The molecule has 3 rings (SSSR count). The summed E-state index contributed by atoms with van der Waals surface area (Å²) in [5.74, 6) is -0.957. The maximum atomic E-state index is 12.4. The second-order valence-electron chi connectivity index (χ2n) is 5.29. The number of aromatic nitrogens is 1. The third kappa shape index (κ3) is 3.70. The lowest BCUT2D eigenvalue weighted by Gasteiger charge is -2.04. The summed E-state index contributed by atoms with van der Waals surface area (Å²) in [7, 11) is 2.60. The first-order chi connectivity index (χ1) is 12.9. The first-order valence-corrected chi connectivity index (χ1v) is 8.37. The Bertz CT molecular complexity index is 1060. The number of hydrogen-bond donors (Lipinski definition) is 1. The van der Waals surface area contributed by atoms with Crippen LogP contribution in [-0.4, -0.2) is 36.0 Å². The van der Waals surface area contributed by atoms with Crippen molar-refractivity contribution in [3.8, 4) is 5.75 Å². The van der Waals surface area contributed by atoms with Crippen LogP contribution in [0.1, 0.15) is 20.7 Å². The largest absolute Gasteiger partial charge is 0.490 e. The standard InChI is InChI=1S/C17H13N3O6S/c1-25-13-6-4-9(7-12(13)20(23)24)15(21)19-17-18-11-5-3-10(16(22)26-2)8-14(11)27-17/h3-8H,1-2H3,(H,18,19,21). The van der Waals surface area contributed by atoms with Gasteiger partial charge in [-0.15, -0.1) is 0 Å². The average Bonchev–Trinajstić information content (AvgIpc) is 3.07. The van der Waals surface area contributed by atoms with Crippen molar-refractivity contribution in [1.82, 2.24) is 4.98 Å². The number of carbonyl (C=O) groups excluding carboxylic acids is 2. The molecule has 10 heteroatoms. The van der Waals surface area contributed by atoms with E-state index in [1.54, 1.807) is 18.2 Å². The molecule has 27 heavy (non-hydrogen) atoms. The highest BCUT2D eigenvalue weighted by Crippen LogP contribution is 2.30. The van der Waals surface area contributed by atoms with Crippen molar-refractivity contribution >= 4 is 44.2 Å². The summed E-state index contributed by atoms with van der Waals surface area (Å²) in [6.45, 7) is 0. The zero-order valence-electron chi connectivity index (χ0n) is 14.2. The molecule has 0 saturated heterocycles. The number of fused-ring (bicyclic) bond motifs is 1. The lowest BCUT2D eigenvalue weighted by Crippen LogP contribution is -2.12. The van der Waals surface area contributed by atoms with Crippen LogP contribution in [0.25, 0.3) is 10.2 Å². The SMILES string of the molecule is COC(=O)c1ccc2nc(NC(=O)c3ccc(OC)c([N+](=O)[O-])c3)sc2c1. The van der Waals surface area contributed by atoms with Crippen LogP contribution in [0.4, 0.5) is 10.8 Å². The molecule has 0 spiro atoms. The Kier molecular flexibility index (Phi) is 4.99. The number of ether oxygens (including phenoxy) is 2. The number of amides is 1. The molecular formula is C17H13N3O6S. The van der Waals surface area contributed by atoms with Gasteiger partial charge < -0.3 is 9.47 Å². The molecule has 1 heterocycles. The molecule has 0 aliphatic carbocycles. The number of hydrogen-bond acceptors (Lipinski definition) is 8. The fourth-order valence-electron chi connectivity index (χ4n) is 2.37. The smallest absolute Gasteiger partial charge is 0.337 e. The van der Waals surface area contributed by atoms with Crippen LogP contribution in [-0.2, 0) is 4.74 Å². The molecule has 0 saturated carbocycles. The summed E-state index contributed by atoms with van der Waals surface area (Å²) in [6, 6.07) is 8.75. The Morgan fingerprint density at radius 3 is 2.56 bits per heavy atom. The van der Waals surface area contributed by atoms with Gasteiger partial charge in [0.25, 0.3) is 5.91 Å². The van der Waals surface area contributed by atoms with Crippen molar-refractivity contribution in [1.29, 1.82) is 0 Å². The van der Waals surface area contributed by atoms with Crippen LogP contribution in [0.5, 0.6) is 5.75 Å². The van der Waals surface area contributed by atoms with E-state index in [-0.39, 0.29) is 17.0 Å². The van der Waals surface area contributed by atoms with Gasteiger partial charge in [-0.1, -0.05) is 11.3 Å². The van der Waals surface area contributed by atoms with E-state index in [4.69, 9.17) is 4.74 Å². The van der Waals surface area contributed by atoms with Crippen molar-refractivity contribution < 1.29 is 24.0 Å². The number of nitro benzene ring substituents is 1. The van der Waals surface area contributed by atoms with Gasteiger partial charge in [0.15, 0.2) is 10.9 Å². The molecule has 138 valence electrons. The second kappa shape index (κ2) is 7.38. The number of methoxy groups -OCH3 is 2. The van der Waals surface area contributed by atoms with Gasteiger partial charge in [0.2, 0.25) is 0 Å². The Morgan fingerprint density at radius 2 is 1.89 bits per heavy atom. The van der Waals surface area contributed by atoms with Gasteiger partial charge in [-0.05, 0) is 30.3 Å². The maximum Gasteiger partial charge on any atom is 0.337 e. The van der Waals surface area contributed by atoms with Crippen molar-refractivity contribution in [2.24, 2.45) is 0 Å². The molecule has 3 aromatic rings. The summed E-state index contributed by atoms with van der Waals surface area (Å²) in [5, 5.41) is 14.0. The fraction of sp³-hybridized carbons (Fsp3) is 0.118. The quantitative estimate of drug-likeness (QED) is 0.405. The monoisotopic (exact) mass is 387 g/mol. The number of benzene rings is 2. The summed E-state index contributed by atoms with van der Waals surface area (Å²) in [5.41, 5.74) is 0.759. The average molecular weight is 387 g/mol. The number of esters is 1. The number of rotatable bonds is 5. The van der Waals surface area contributed by atoms with Crippen molar-refractivity contribution in [3.63, 3.8) is 0 Å². The molecular weight excluding hydrogens is 374 g/mol. The Labute approximate surface area is 156 Å². The Hall–Kier alpha value is -3.53. The van der Waals surface area contributed by atoms with Crippen LogP contribution >= 0.6 is 11.3 Å². The summed E-state index contributed by atoms with van der Waals surface area (Å²) < 4.78 is 10.3. The van der Waals surface area contributed by atoms with Crippen LogP contribution in [0.2, 0.25) is 0 Å².